The third-order valence-electron chi connectivity index (χ3n) is 5.02. The summed E-state index contributed by atoms with van der Waals surface area (Å²) in [6.45, 7) is 6.48. The molecule has 0 unspecified atom stereocenters. The molecule has 32 heavy (non-hydrogen) atoms. The molecule has 0 radical (unpaired) electrons. The number of furan rings is 1. The Morgan fingerprint density at radius 1 is 1.22 bits per heavy atom. The molecule has 2 aromatic carbocycles. The molecule has 1 N–H and O–H groups in total. The van der Waals surface area contributed by atoms with Crippen molar-refractivity contribution in [3.8, 4) is 11.4 Å². The Bertz CT molecular complexity index is 1340. The Morgan fingerprint density at radius 3 is 2.78 bits per heavy atom. The Morgan fingerprint density at radius 2 is 2.03 bits per heavy atom. The van der Waals surface area contributed by atoms with E-state index in [1.807, 2.05) is 57.2 Å². The average molecular weight is 515 g/mol. The maximum atomic E-state index is 12.5. The zero-order valence-corrected chi connectivity index (χ0v) is 20.1. The standard InChI is InChI=1S/C24H21BrClN3O3/c1-4-31-19-6-8-22-16(10-19)11-23(32-22)24(30)28-27-13-17-9-14(2)29(15(17)3)18-5-7-20(25)21(26)12-18/h5-13H,4H2,1-3H3,(H,28,30)/b27-13+. The molecule has 0 fully saturated rings. The third-order valence-corrected chi connectivity index (χ3v) is 6.26. The van der Waals surface area contributed by atoms with Crippen LogP contribution >= 0.6 is 27.5 Å². The molecule has 0 saturated carbocycles. The molecule has 0 bridgehead atoms. The van der Waals surface area contributed by atoms with E-state index < -0.39 is 5.91 Å². The quantitative estimate of drug-likeness (QED) is 0.238. The van der Waals surface area contributed by atoms with Crippen LogP contribution in [-0.4, -0.2) is 23.3 Å². The Kier molecular flexibility index (Phi) is 6.39. The van der Waals surface area contributed by atoms with Crippen molar-refractivity contribution in [1.29, 1.82) is 0 Å². The van der Waals surface area contributed by atoms with Crippen molar-refractivity contribution in [2.45, 2.75) is 20.8 Å². The highest BCUT2D eigenvalue weighted by molar-refractivity contribution is 9.10. The second kappa shape index (κ2) is 9.22. The molecule has 4 rings (SSSR count). The topological polar surface area (TPSA) is 68.8 Å². The van der Waals surface area contributed by atoms with Crippen LogP contribution in [0.25, 0.3) is 16.7 Å². The number of hydrazone groups is 1. The highest BCUT2D eigenvalue weighted by atomic mass is 79.9. The molecule has 0 aliphatic rings. The van der Waals surface area contributed by atoms with E-state index >= 15 is 0 Å². The summed E-state index contributed by atoms with van der Waals surface area (Å²) in [5, 5.41) is 5.55. The number of hydrogen-bond acceptors (Lipinski definition) is 4. The van der Waals surface area contributed by atoms with Gasteiger partial charge in [0.1, 0.15) is 11.3 Å². The van der Waals surface area contributed by atoms with E-state index in [1.165, 1.54) is 0 Å². The van der Waals surface area contributed by atoms with Gasteiger partial charge in [-0.25, -0.2) is 5.43 Å². The van der Waals surface area contributed by atoms with Crippen molar-refractivity contribution in [2.75, 3.05) is 6.61 Å². The van der Waals surface area contributed by atoms with Gasteiger partial charge in [-0.2, -0.15) is 5.10 Å². The first-order valence-corrected chi connectivity index (χ1v) is 11.2. The van der Waals surface area contributed by atoms with Crippen molar-refractivity contribution in [3.05, 3.63) is 80.7 Å². The van der Waals surface area contributed by atoms with Gasteiger partial charge in [0.05, 0.1) is 17.8 Å². The summed E-state index contributed by atoms with van der Waals surface area (Å²) in [5.41, 5.74) is 6.97. The molecule has 0 aliphatic carbocycles. The lowest BCUT2D eigenvalue weighted by atomic mass is 10.2. The summed E-state index contributed by atoms with van der Waals surface area (Å²) >= 11 is 9.67. The summed E-state index contributed by atoms with van der Waals surface area (Å²) in [7, 11) is 0. The summed E-state index contributed by atoms with van der Waals surface area (Å²) in [6.07, 6.45) is 1.62. The van der Waals surface area contributed by atoms with Gasteiger partial charge in [-0.3, -0.25) is 4.79 Å². The van der Waals surface area contributed by atoms with Gasteiger partial charge in [0.2, 0.25) is 0 Å². The number of ether oxygens (including phenoxy) is 1. The number of rotatable bonds is 6. The monoisotopic (exact) mass is 513 g/mol. The molecule has 8 heteroatoms. The minimum absolute atomic E-state index is 0.181. The highest BCUT2D eigenvalue weighted by Crippen LogP contribution is 2.28. The second-order valence-electron chi connectivity index (χ2n) is 7.20. The first-order chi connectivity index (χ1) is 15.4. The Hall–Kier alpha value is -3.03. The van der Waals surface area contributed by atoms with Crippen LogP contribution in [0.5, 0.6) is 5.75 Å². The van der Waals surface area contributed by atoms with Crippen LogP contribution < -0.4 is 10.2 Å². The largest absolute Gasteiger partial charge is 0.494 e. The molecule has 4 aromatic rings. The molecule has 0 spiro atoms. The maximum absolute atomic E-state index is 12.5. The number of hydrogen-bond donors (Lipinski definition) is 1. The fraction of sp³-hybridized carbons (Fsp3) is 0.167. The Balaban J connectivity index is 1.51. The molecule has 2 aromatic heterocycles. The number of amides is 1. The minimum atomic E-state index is -0.427. The summed E-state index contributed by atoms with van der Waals surface area (Å²) in [6, 6.07) is 14.9. The van der Waals surface area contributed by atoms with Gasteiger partial charge in [-0.15, -0.1) is 0 Å². The van der Waals surface area contributed by atoms with Gasteiger partial charge < -0.3 is 13.7 Å². The van der Waals surface area contributed by atoms with Crippen LogP contribution in [-0.2, 0) is 0 Å². The van der Waals surface area contributed by atoms with E-state index in [4.69, 9.17) is 20.8 Å². The smallest absolute Gasteiger partial charge is 0.307 e. The summed E-state index contributed by atoms with van der Waals surface area (Å²) < 4.78 is 14.0. The number of halogens is 2. The number of nitrogens with zero attached hydrogens (tertiary/aromatic N) is 2. The molecular weight excluding hydrogens is 494 g/mol. The fourth-order valence-electron chi connectivity index (χ4n) is 3.55. The van der Waals surface area contributed by atoms with Crippen molar-refractivity contribution < 1.29 is 13.9 Å². The number of nitrogens with one attached hydrogen (secondary N) is 1. The number of aromatic nitrogens is 1. The van der Waals surface area contributed by atoms with Crippen molar-refractivity contribution in [2.24, 2.45) is 5.10 Å². The SMILES string of the molecule is CCOc1ccc2oc(C(=O)N/N=C/c3cc(C)n(-c4ccc(Br)c(Cl)c4)c3C)cc2c1. The van der Waals surface area contributed by atoms with Crippen LogP contribution in [0.1, 0.15) is 34.4 Å². The van der Waals surface area contributed by atoms with Gasteiger partial charge >= 0.3 is 5.91 Å². The third kappa shape index (κ3) is 4.45. The number of carbonyl (C=O) groups is 1. The summed E-state index contributed by atoms with van der Waals surface area (Å²) in [4.78, 5) is 12.5. The van der Waals surface area contributed by atoms with Crippen LogP contribution in [0.4, 0.5) is 0 Å². The first-order valence-electron chi connectivity index (χ1n) is 10.0. The highest BCUT2D eigenvalue weighted by Gasteiger charge is 2.13. The van der Waals surface area contributed by atoms with E-state index in [9.17, 15) is 4.79 Å². The molecule has 0 atom stereocenters. The summed E-state index contributed by atoms with van der Waals surface area (Å²) in [5.74, 6) is 0.484. The number of benzene rings is 2. The molecule has 2 heterocycles. The molecule has 0 aliphatic heterocycles. The molecule has 6 nitrogen and oxygen atoms in total. The number of carbonyl (C=O) groups excluding carboxylic acids is 1. The second-order valence-corrected chi connectivity index (χ2v) is 8.46. The van der Waals surface area contributed by atoms with E-state index in [0.29, 0.717) is 17.2 Å². The number of fused-ring (bicyclic) bond motifs is 1. The average Bonchev–Trinajstić information content (AvgIpc) is 3.31. The van der Waals surface area contributed by atoms with Crippen molar-refractivity contribution in [3.63, 3.8) is 0 Å². The van der Waals surface area contributed by atoms with Crippen LogP contribution in [0.2, 0.25) is 5.02 Å². The zero-order valence-electron chi connectivity index (χ0n) is 17.8. The first kappa shape index (κ1) is 22.2. The van der Waals surface area contributed by atoms with Crippen LogP contribution in [0.3, 0.4) is 0 Å². The fourth-order valence-corrected chi connectivity index (χ4v) is 3.97. The number of aryl methyl sites for hydroxylation is 1. The predicted molar refractivity (Wildman–Crippen MR) is 130 cm³/mol. The molecule has 0 saturated heterocycles. The van der Waals surface area contributed by atoms with E-state index in [2.05, 4.69) is 31.0 Å². The lowest BCUT2D eigenvalue weighted by Gasteiger charge is -2.10. The zero-order chi connectivity index (χ0) is 22.8. The minimum Gasteiger partial charge on any atom is -0.494 e. The lowest BCUT2D eigenvalue weighted by molar-refractivity contribution is 0.0929. The predicted octanol–water partition coefficient (Wildman–Crippen LogP) is 6.42. The van der Waals surface area contributed by atoms with E-state index in [-0.39, 0.29) is 5.76 Å². The normalized spacial score (nSPS) is 11.4. The van der Waals surface area contributed by atoms with Gasteiger partial charge in [0.25, 0.3) is 0 Å². The van der Waals surface area contributed by atoms with Gasteiger partial charge in [-0.05, 0) is 85.2 Å². The van der Waals surface area contributed by atoms with Gasteiger partial charge in [-0.1, -0.05) is 11.6 Å². The molecular formula is C24H21BrClN3O3. The lowest BCUT2D eigenvalue weighted by Crippen LogP contribution is -2.16. The molecule has 1 amide bonds. The Labute approximate surface area is 198 Å². The van der Waals surface area contributed by atoms with Gasteiger partial charge in [0.15, 0.2) is 5.76 Å². The van der Waals surface area contributed by atoms with E-state index in [1.54, 1.807) is 18.3 Å². The van der Waals surface area contributed by atoms with Crippen molar-refractivity contribution in [1.82, 2.24) is 9.99 Å². The van der Waals surface area contributed by atoms with Crippen molar-refractivity contribution >= 4 is 50.6 Å². The van der Waals surface area contributed by atoms with Crippen LogP contribution in [0, 0.1) is 13.8 Å². The van der Waals surface area contributed by atoms with Crippen LogP contribution in [0.15, 0.2) is 62.5 Å². The maximum Gasteiger partial charge on any atom is 0.307 e. The molecule has 164 valence electrons. The van der Waals surface area contributed by atoms with Gasteiger partial charge in [0, 0.05) is 32.5 Å². The van der Waals surface area contributed by atoms with E-state index in [0.717, 1.165) is 38.2 Å².